The Bertz CT molecular complexity index is 616. The number of hydrogen-bond acceptors (Lipinski definition) is 2. The largest absolute Gasteiger partial charge is 0.488 e. The number of para-hydroxylation sites is 1. The van der Waals surface area contributed by atoms with Crippen LogP contribution in [0.2, 0.25) is 0 Å². The van der Waals surface area contributed by atoms with Crippen LogP contribution in [0, 0.1) is 12.7 Å². The van der Waals surface area contributed by atoms with Gasteiger partial charge in [-0.25, -0.2) is 4.39 Å². The highest BCUT2D eigenvalue weighted by atomic mass is 19.1. The van der Waals surface area contributed by atoms with Crippen molar-refractivity contribution in [3.05, 3.63) is 65.0 Å². The number of rotatable bonds is 4. The minimum Gasteiger partial charge on any atom is -0.488 e. The quantitative estimate of drug-likeness (QED) is 0.923. The lowest BCUT2D eigenvalue weighted by Crippen LogP contribution is -2.35. The molecule has 2 unspecified atom stereocenters. The molecule has 0 radical (unpaired) electrons. The standard InChI is InChI=1S/C18H20FNO/c1-3-20-18(14-10-12(2)8-9-15(14)19)17-11-13-6-4-5-7-16(13)21-17/h4-10,17-18,20H,3,11H2,1-2H3. The van der Waals surface area contributed by atoms with E-state index < -0.39 is 0 Å². The van der Waals surface area contributed by atoms with Gasteiger partial charge in [0, 0.05) is 12.0 Å². The lowest BCUT2D eigenvalue weighted by atomic mass is 9.96. The Balaban J connectivity index is 1.91. The third-order valence-corrected chi connectivity index (χ3v) is 3.95. The molecule has 1 heterocycles. The maximum atomic E-state index is 14.2. The van der Waals surface area contributed by atoms with E-state index in [1.165, 1.54) is 11.6 Å². The fourth-order valence-electron chi connectivity index (χ4n) is 2.96. The van der Waals surface area contributed by atoms with E-state index in [2.05, 4.69) is 11.4 Å². The topological polar surface area (TPSA) is 21.3 Å². The molecule has 110 valence electrons. The zero-order valence-electron chi connectivity index (χ0n) is 12.4. The highest BCUT2D eigenvalue weighted by Crippen LogP contribution is 2.35. The van der Waals surface area contributed by atoms with Crippen molar-refractivity contribution in [2.24, 2.45) is 0 Å². The lowest BCUT2D eigenvalue weighted by molar-refractivity contribution is 0.177. The monoisotopic (exact) mass is 285 g/mol. The summed E-state index contributed by atoms with van der Waals surface area (Å²) in [6.45, 7) is 4.78. The molecule has 0 fully saturated rings. The zero-order valence-corrected chi connectivity index (χ0v) is 12.4. The number of benzene rings is 2. The lowest BCUT2D eigenvalue weighted by Gasteiger charge is -2.25. The van der Waals surface area contributed by atoms with E-state index in [0.717, 1.165) is 24.3 Å². The van der Waals surface area contributed by atoms with Crippen molar-refractivity contribution in [3.8, 4) is 5.75 Å². The van der Waals surface area contributed by atoms with Crippen LogP contribution in [0.4, 0.5) is 4.39 Å². The molecule has 0 saturated carbocycles. The molecule has 1 N–H and O–H groups in total. The van der Waals surface area contributed by atoms with Crippen LogP contribution in [0.5, 0.6) is 5.75 Å². The molecule has 2 aromatic carbocycles. The molecular weight excluding hydrogens is 265 g/mol. The van der Waals surface area contributed by atoms with Gasteiger partial charge in [-0.15, -0.1) is 0 Å². The van der Waals surface area contributed by atoms with Crippen LogP contribution in [-0.2, 0) is 6.42 Å². The van der Waals surface area contributed by atoms with E-state index in [4.69, 9.17) is 4.74 Å². The number of fused-ring (bicyclic) bond motifs is 1. The molecule has 3 rings (SSSR count). The normalized spacial score (nSPS) is 18.1. The van der Waals surface area contributed by atoms with Gasteiger partial charge in [0.05, 0.1) is 6.04 Å². The fourth-order valence-corrected chi connectivity index (χ4v) is 2.96. The first-order chi connectivity index (χ1) is 10.2. The number of aryl methyl sites for hydroxylation is 1. The molecule has 0 saturated heterocycles. The Labute approximate surface area is 125 Å². The zero-order chi connectivity index (χ0) is 14.8. The van der Waals surface area contributed by atoms with Crippen molar-refractivity contribution in [1.82, 2.24) is 5.32 Å². The van der Waals surface area contributed by atoms with Crippen LogP contribution < -0.4 is 10.1 Å². The summed E-state index contributed by atoms with van der Waals surface area (Å²) in [6, 6.07) is 13.1. The Morgan fingerprint density at radius 3 is 2.86 bits per heavy atom. The summed E-state index contributed by atoms with van der Waals surface area (Å²) in [6.07, 6.45) is 0.736. The molecule has 0 spiro atoms. The predicted octanol–water partition coefficient (Wildman–Crippen LogP) is 3.79. The SMILES string of the molecule is CCNC(c1cc(C)ccc1F)C1Cc2ccccc2O1. The summed E-state index contributed by atoms with van der Waals surface area (Å²) in [7, 11) is 0. The summed E-state index contributed by atoms with van der Waals surface area (Å²) < 4.78 is 20.3. The molecule has 2 atom stereocenters. The van der Waals surface area contributed by atoms with Crippen LogP contribution in [0.1, 0.15) is 29.7 Å². The summed E-state index contributed by atoms with van der Waals surface area (Å²) >= 11 is 0. The first-order valence-corrected chi connectivity index (χ1v) is 7.43. The van der Waals surface area contributed by atoms with Gasteiger partial charge in [0.1, 0.15) is 17.7 Å². The first kappa shape index (κ1) is 14.1. The molecule has 21 heavy (non-hydrogen) atoms. The van der Waals surface area contributed by atoms with Crippen LogP contribution in [0.3, 0.4) is 0 Å². The van der Waals surface area contributed by atoms with Gasteiger partial charge in [0.15, 0.2) is 0 Å². The Morgan fingerprint density at radius 2 is 2.10 bits per heavy atom. The van der Waals surface area contributed by atoms with Crippen LogP contribution >= 0.6 is 0 Å². The highest BCUT2D eigenvalue weighted by molar-refractivity contribution is 5.39. The summed E-state index contributed by atoms with van der Waals surface area (Å²) in [5.41, 5.74) is 2.94. The van der Waals surface area contributed by atoms with E-state index in [0.29, 0.717) is 5.56 Å². The number of nitrogens with one attached hydrogen (secondary N) is 1. The summed E-state index contributed by atoms with van der Waals surface area (Å²) in [5, 5.41) is 3.38. The summed E-state index contributed by atoms with van der Waals surface area (Å²) in [4.78, 5) is 0. The van der Waals surface area contributed by atoms with E-state index in [1.807, 2.05) is 38.1 Å². The van der Waals surface area contributed by atoms with Gasteiger partial charge < -0.3 is 10.1 Å². The Morgan fingerprint density at radius 1 is 1.29 bits per heavy atom. The van der Waals surface area contributed by atoms with Gasteiger partial charge >= 0.3 is 0 Å². The molecule has 2 aromatic rings. The number of likely N-dealkylation sites (N-methyl/N-ethyl adjacent to an activating group) is 1. The third kappa shape index (κ3) is 2.79. The van der Waals surface area contributed by atoms with Crippen molar-refractivity contribution in [3.63, 3.8) is 0 Å². The number of ether oxygens (including phenoxy) is 1. The van der Waals surface area contributed by atoms with E-state index in [9.17, 15) is 4.39 Å². The maximum absolute atomic E-state index is 14.2. The molecule has 3 heteroatoms. The van der Waals surface area contributed by atoms with Gasteiger partial charge in [-0.2, -0.15) is 0 Å². The minimum absolute atomic E-state index is 0.0707. The van der Waals surface area contributed by atoms with Gasteiger partial charge in [-0.05, 0) is 31.2 Å². The Kier molecular flexibility index (Phi) is 3.93. The van der Waals surface area contributed by atoms with E-state index >= 15 is 0 Å². The van der Waals surface area contributed by atoms with Crippen LogP contribution in [0.25, 0.3) is 0 Å². The molecule has 0 bridgehead atoms. The van der Waals surface area contributed by atoms with E-state index in [-0.39, 0.29) is 18.0 Å². The van der Waals surface area contributed by atoms with Crippen LogP contribution in [0.15, 0.2) is 42.5 Å². The van der Waals surface area contributed by atoms with Gasteiger partial charge in [-0.1, -0.05) is 42.8 Å². The van der Waals surface area contributed by atoms with E-state index in [1.54, 1.807) is 6.07 Å². The van der Waals surface area contributed by atoms with Crippen molar-refractivity contribution < 1.29 is 9.13 Å². The maximum Gasteiger partial charge on any atom is 0.128 e. The predicted molar refractivity (Wildman–Crippen MR) is 82.1 cm³/mol. The Hall–Kier alpha value is -1.87. The molecule has 1 aliphatic heterocycles. The smallest absolute Gasteiger partial charge is 0.128 e. The van der Waals surface area contributed by atoms with Crippen molar-refractivity contribution in [2.45, 2.75) is 32.4 Å². The second kappa shape index (κ2) is 5.86. The van der Waals surface area contributed by atoms with Crippen molar-refractivity contribution in [1.29, 1.82) is 0 Å². The second-order valence-corrected chi connectivity index (χ2v) is 5.53. The average molecular weight is 285 g/mol. The average Bonchev–Trinajstić information content (AvgIpc) is 2.91. The highest BCUT2D eigenvalue weighted by Gasteiger charge is 2.32. The molecule has 1 aliphatic rings. The minimum atomic E-state index is -0.175. The van der Waals surface area contributed by atoms with Crippen molar-refractivity contribution >= 4 is 0 Å². The second-order valence-electron chi connectivity index (χ2n) is 5.53. The molecular formula is C18H20FNO. The first-order valence-electron chi connectivity index (χ1n) is 7.43. The molecule has 0 amide bonds. The van der Waals surface area contributed by atoms with Crippen molar-refractivity contribution in [2.75, 3.05) is 6.54 Å². The van der Waals surface area contributed by atoms with Gasteiger partial charge in [-0.3, -0.25) is 0 Å². The fraction of sp³-hybridized carbons (Fsp3) is 0.333. The number of halogens is 1. The molecule has 2 nitrogen and oxygen atoms in total. The van der Waals surface area contributed by atoms with Crippen LogP contribution in [-0.4, -0.2) is 12.6 Å². The number of hydrogen-bond donors (Lipinski definition) is 1. The van der Waals surface area contributed by atoms with Gasteiger partial charge in [0.25, 0.3) is 0 Å². The van der Waals surface area contributed by atoms with Gasteiger partial charge in [0.2, 0.25) is 0 Å². The molecule has 0 aliphatic carbocycles. The molecule has 0 aromatic heterocycles. The summed E-state index contributed by atoms with van der Waals surface area (Å²) in [5.74, 6) is 0.740. The third-order valence-electron chi connectivity index (χ3n) is 3.95.